The van der Waals surface area contributed by atoms with Crippen LogP contribution in [0.3, 0.4) is 0 Å². The van der Waals surface area contributed by atoms with Crippen molar-refractivity contribution in [1.82, 2.24) is 0 Å². The van der Waals surface area contributed by atoms with Gasteiger partial charge >= 0.3 is 5.97 Å². The van der Waals surface area contributed by atoms with Crippen LogP contribution in [0.1, 0.15) is 58.3 Å². The zero-order valence-electron chi connectivity index (χ0n) is 11.3. The van der Waals surface area contributed by atoms with E-state index < -0.39 is 5.97 Å². The molecule has 4 rings (SSSR count). The van der Waals surface area contributed by atoms with E-state index >= 15 is 0 Å². The van der Waals surface area contributed by atoms with Crippen molar-refractivity contribution in [3.8, 4) is 0 Å². The summed E-state index contributed by atoms with van der Waals surface area (Å²) in [6.45, 7) is 2.07. The first-order chi connectivity index (χ1) is 8.60. The predicted octanol–water partition coefficient (Wildman–Crippen LogP) is 4.01. The minimum Gasteiger partial charge on any atom is -0.478 e. The van der Waals surface area contributed by atoms with Gasteiger partial charge in [0.05, 0.1) is 0 Å². The van der Waals surface area contributed by atoms with Crippen LogP contribution in [0.4, 0.5) is 0 Å². The molecule has 0 aromatic heterocycles. The number of hydrogen-bond donors (Lipinski definition) is 1. The van der Waals surface area contributed by atoms with Gasteiger partial charge in [0.25, 0.3) is 0 Å². The lowest BCUT2D eigenvalue weighted by molar-refractivity contribution is -0.133. The van der Waals surface area contributed by atoms with Crippen molar-refractivity contribution in [2.75, 3.05) is 0 Å². The van der Waals surface area contributed by atoms with Crippen LogP contribution >= 0.6 is 0 Å². The van der Waals surface area contributed by atoms with Gasteiger partial charge in [0.1, 0.15) is 0 Å². The van der Waals surface area contributed by atoms with Crippen LogP contribution < -0.4 is 0 Å². The lowest BCUT2D eigenvalue weighted by Gasteiger charge is -2.56. The van der Waals surface area contributed by atoms with E-state index in [-0.39, 0.29) is 5.41 Å². The van der Waals surface area contributed by atoms with Gasteiger partial charge in [-0.05, 0) is 68.1 Å². The summed E-state index contributed by atoms with van der Waals surface area (Å²) in [7, 11) is 0. The second-order valence-corrected chi connectivity index (χ2v) is 7.00. The molecule has 0 aromatic carbocycles. The van der Waals surface area contributed by atoms with Crippen LogP contribution in [-0.2, 0) is 4.79 Å². The van der Waals surface area contributed by atoms with E-state index in [9.17, 15) is 9.90 Å². The predicted molar refractivity (Wildman–Crippen MR) is 71.2 cm³/mol. The van der Waals surface area contributed by atoms with Crippen molar-refractivity contribution in [2.45, 2.75) is 58.3 Å². The molecule has 0 heterocycles. The third-order valence-corrected chi connectivity index (χ3v) is 5.36. The van der Waals surface area contributed by atoms with Gasteiger partial charge < -0.3 is 5.11 Å². The van der Waals surface area contributed by atoms with Gasteiger partial charge in [-0.2, -0.15) is 0 Å². The van der Waals surface area contributed by atoms with Gasteiger partial charge in [0.15, 0.2) is 0 Å². The second kappa shape index (κ2) is 4.40. The fraction of sp³-hybridized carbons (Fsp3) is 0.812. The highest BCUT2D eigenvalue weighted by Gasteiger charge is 2.50. The third-order valence-electron chi connectivity index (χ3n) is 5.36. The van der Waals surface area contributed by atoms with Crippen LogP contribution in [0.15, 0.2) is 11.6 Å². The molecule has 18 heavy (non-hydrogen) atoms. The summed E-state index contributed by atoms with van der Waals surface area (Å²) >= 11 is 0. The fourth-order valence-corrected chi connectivity index (χ4v) is 5.23. The van der Waals surface area contributed by atoms with Crippen molar-refractivity contribution < 1.29 is 9.90 Å². The lowest BCUT2D eigenvalue weighted by Crippen LogP contribution is -2.45. The molecule has 2 heteroatoms. The standard InChI is InChI=1S/C16H24O2/c1-2-3-14(15(17)18)10-16-7-11-4-12(8-16)6-13(5-11)9-16/h10-13H,2-9H2,1H3,(H,17,18)/b14-10+. The molecule has 0 radical (unpaired) electrons. The van der Waals surface area contributed by atoms with Crippen molar-refractivity contribution in [3.63, 3.8) is 0 Å². The van der Waals surface area contributed by atoms with Gasteiger partial charge in [-0.3, -0.25) is 0 Å². The molecule has 4 fully saturated rings. The van der Waals surface area contributed by atoms with Crippen LogP contribution in [-0.4, -0.2) is 11.1 Å². The fourth-order valence-electron chi connectivity index (χ4n) is 5.23. The molecule has 4 aliphatic rings. The number of carbonyl (C=O) groups is 1. The Hall–Kier alpha value is -0.790. The third kappa shape index (κ3) is 2.10. The molecule has 4 bridgehead atoms. The molecule has 0 aliphatic heterocycles. The maximum atomic E-state index is 11.3. The van der Waals surface area contributed by atoms with Gasteiger partial charge in [-0.25, -0.2) is 4.79 Å². The second-order valence-electron chi connectivity index (χ2n) is 7.00. The van der Waals surface area contributed by atoms with Crippen LogP contribution in [0.2, 0.25) is 0 Å². The number of carboxylic acids is 1. The number of hydrogen-bond acceptors (Lipinski definition) is 1. The maximum Gasteiger partial charge on any atom is 0.331 e. The average Bonchev–Trinajstić information content (AvgIpc) is 2.26. The van der Waals surface area contributed by atoms with Gasteiger partial charge in [-0.1, -0.05) is 19.4 Å². The van der Waals surface area contributed by atoms with Crippen LogP contribution in [0.5, 0.6) is 0 Å². The highest BCUT2D eigenvalue weighted by Crippen LogP contribution is 2.60. The molecule has 0 atom stereocenters. The van der Waals surface area contributed by atoms with E-state index in [1.54, 1.807) is 0 Å². The molecular formula is C16H24O2. The van der Waals surface area contributed by atoms with Gasteiger partial charge in [0.2, 0.25) is 0 Å². The van der Waals surface area contributed by atoms with Crippen molar-refractivity contribution >= 4 is 5.97 Å². The molecule has 0 amide bonds. The molecule has 4 aliphatic carbocycles. The quantitative estimate of drug-likeness (QED) is 0.763. The summed E-state index contributed by atoms with van der Waals surface area (Å²) in [5.41, 5.74) is 0.942. The maximum absolute atomic E-state index is 11.3. The lowest BCUT2D eigenvalue weighted by atomic mass is 9.49. The van der Waals surface area contributed by atoms with E-state index in [0.29, 0.717) is 5.57 Å². The summed E-state index contributed by atoms with van der Waals surface area (Å²) in [5.74, 6) is 1.99. The zero-order chi connectivity index (χ0) is 12.8. The van der Waals surface area contributed by atoms with E-state index in [2.05, 4.69) is 13.0 Å². The van der Waals surface area contributed by atoms with E-state index in [1.165, 1.54) is 38.5 Å². The molecule has 0 unspecified atom stereocenters. The largest absolute Gasteiger partial charge is 0.478 e. The molecule has 1 N–H and O–H groups in total. The number of allylic oxidation sites excluding steroid dienone is 1. The van der Waals surface area contributed by atoms with Gasteiger partial charge in [-0.15, -0.1) is 0 Å². The average molecular weight is 248 g/mol. The normalized spacial score (nSPS) is 42.3. The highest BCUT2D eigenvalue weighted by molar-refractivity contribution is 5.86. The van der Waals surface area contributed by atoms with E-state index in [0.717, 1.165) is 30.6 Å². The SMILES string of the molecule is CCC/C(=C\C12CC3CC(CC(C3)C1)C2)C(=O)O. The number of carboxylic acid groups (broad SMARTS) is 1. The minimum atomic E-state index is -0.687. The smallest absolute Gasteiger partial charge is 0.331 e. The Morgan fingerprint density at radius 3 is 2.06 bits per heavy atom. The summed E-state index contributed by atoms with van der Waals surface area (Å²) in [5, 5.41) is 9.34. The zero-order valence-corrected chi connectivity index (χ0v) is 11.3. The topological polar surface area (TPSA) is 37.3 Å². The summed E-state index contributed by atoms with van der Waals surface area (Å²) in [4.78, 5) is 11.3. The Balaban J connectivity index is 1.86. The molecule has 2 nitrogen and oxygen atoms in total. The molecule has 0 spiro atoms. The Morgan fingerprint density at radius 2 is 1.67 bits per heavy atom. The molecular weight excluding hydrogens is 224 g/mol. The van der Waals surface area contributed by atoms with Crippen LogP contribution in [0.25, 0.3) is 0 Å². The van der Waals surface area contributed by atoms with E-state index in [4.69, 9.17) is 0 Å². The summed E-state index contributed by atoms with van der Waals surface area (Å²) in [6.07, 6.45) is 11.9. The number of rotatable bonds is 4. The summed E-state index contributed by atoms with van der Waals surface area (Å²) in [6, 6.07) is 0. The summed E-state index contributed by atoms with van der Waals surface area (Å²) < 4.78 is 0. The Bertz CT molecular complexity index is 345. The van der Waals surface area contributed by atoms with Gasteiger partial charge in [0, 0.05) is 5.57 Å². The highest BCUT2D eigenvalue weighted by atomic mass is 16.4. The number of aliphatic carboxylic acids is 1. The van der Waals surface area contributed by atoms with Crippen LogP contribution in [0, 0.1) is 23.2 Å². The van der Waals surface area contributed by atoms with Crippen molar-refractivity contribution in [1.29, 1.82) is 0 Å². The Labute approximate surface area is 109 Å². The molecule has 0 aromatic rings. The van der Waals surface area contributed by atoms with Crippen molar-refractivity contribution in [3.05, 3.63) is 11.6 Å². The molecule has 4 saturated carbocycles. The Morgan fingerprint density at radius 1 is 1.17 bits per heavy atom. The van der Waals surface area contributed by atoms with E-state index in [1.807, 2.05) is 0 Å². The first-order valence-corrected chi connectivity index (χ1v) is 7.55. The molecule has 100 valence electrons. The Kier molecular flexibility index (Phi) is 2.99. The molecule has 0 saturated heterocycles. The first-order valence-electron chi connectivity index (χ1n) is 7.55. The monoisotopic (exact) mass is 248 g/mol. The first kappa shape index (κ1) is 12.3. The van der Waals surface area contributed by atoms with Crippen molar-refractivity contribution in [2.24, 2.45) is 23.2 Å². The minimum absolute atomic E-state index is 0.262.